The van der Waals surface area contributed by atoms with Crippen molar-refractivity contribution in [2.45, 2.75) is 56.6 Å². The van der Waals surface area contributed by atoms with E-state index < -0.39 is 12.0 Å². The summed E-state index contributed by atoms with van der Waals surface area (Å²) in [5.41, 5.74) is 5.68. The van der Waals surface area contributed by atoms with Crippen LogP contribution in [0.3, 0.4) is 0 Å². The molecule has 1 saturated carbocycles. The molecule has 2 aliphatic rings. The van der Waals surface area contributed by atoms with E-state index in [1.165, 1.54) is 19.3 Å². The molecule has 4 nitrogen and oxygen atoms in total. The number of rotatable bonds is 2. The summed E-state index contributed by atoms with van der Waals surface area (Å²) >= 11 is 0. The summed E-state index contributed by atoms with van der Waals surface area (Å²) in [5.74, 6) is -0.790. The number of carbonyl (C=O) groups is 1. The second kappa shape index (κ2) is 4.72. The molecule has 1 aliphatic carbocycles. The van der Waals surface area contributed by atoms with Crippen molar-refractivity contribution in [1.82, 2.24) is 0 Å². The number of hydrogen-bond acceptors (Lipinski definition) is 3. The molecule has 1 saturated heterocycles. The summed E-state index contributed by atoms with van der Waals surface area (Å²) in [7, 11) is 0. The number of hydrogen-bond donors (Lipinski definition) is 2. The first-order valence-electron chi connectivity index (χ1n) is 6.25. The molecule has 1 heterocycles. The van der Waals surface area contributed by atoms with Crippen LogP contribution in [0.2, 0.25) is 0 Å². The molecule has 92 valence electrons. The van der Waals surface area contributed by atoms with Gasteiger partial charge in [-0.1, -0.05) is 19.3 Å². The zero-order chi connectivity index (χ0) is 11.6. The highest BCUT2D eigenvalue weighted by atomic mass is 16.5. The van der Waals surface area contributed by atoms with Gasteiger partial charge in [0.15, 0.2) is 0 Å². The third kappa shape index (κ3) is 2.38. The fourth-order valence-electron chi connectivity index (χ4n) is 3.12. The third-order valence-electron chi connectivity index (χ3n) is 4.09. The molecule has 0 amide bonds. The Morgan fingerprint density at radius 1 is 1.38 bits per heavy atom. The maximum atomic E-state index is 10.9. The Kier molecular flexibility index (Phi) is 3.50. The summed E-state index contributed by atoms with van der Waals surface area (Å²) in [6, 6.07) is -0.720. The Hall–Kier alpha value is -0.610. The lowest BCUT2D eigenvalue weighted by Crippen LogP contribution is -2.48. The maximum absolute atomic E-state index is 10.9. The molecule has 16 heavy (non-hydrogen) atoms. The van der Waals surface area contributed by atoms with Gasteiger partial charge in [0.25, 0.3) is 0 Å². The van der Waals surface area contributed by atoms with Gasteiger partial charge in [-0.05, 0) is 31.6 Å². The van der Waals surface area contributed by atoms with Gasteiger partial charge >= 0.3 is 5.97 Å². The normalized spacial score (nSPS) is 31.2. The van der Waals surface area contributed by atoms with Crippen LogP contribution >= 0.6 is 0 Å². The zero-order valence-corrected chi connectivity index (χ0v) is 9.65. The van der Waals surface area contributed by atoms with E-state index in [0.717, 1.165) is 25.7 Å². The smallest absolute Gasteiger partial charge is 0.320 e. The molecule has 0 aromatic carbocycles. The SMILES string of the molecule is NC(C(=O)O)C1CCOC2(CCCCC2)C1. The van der Waals surface area contributed by atoms with E-state index in [9.17, 15) is 4.79 Å². The molecule has 0 aromatic heterocycles. The summed E-state index contributed by atoms with van der Waals surface area (Å²) in [6.45, 7) is 0.672. The predicted octanol–water partition coefficient (Wildman–Crippen LogP) is 1.53. The Bertz CT molecular complexity index is 255. The van der Waals surface area contributed by atoms with Crippen LogP contribution in [0.15, 0.2) is 0 Å². The van der Waals surface area contributed by atoms with Crippen molar-refractivity contribution in [3.05, 3.63) is 0 Å². The first-order chi connectivity index (χ1) is 7.63. The molecule has 0 aromatic rings. The van der Waals surface area contributed by atoms with E-state index in [2.05, 4.69) is 0 Å². The lowest BCUT2D eigenvalue weighted by Gasteiger charge is -2.44. The van der Waals surface area contributed by atoms with Crippen LogP contribution in [0.1, 0.15) is 44.9 Å². The molecule has 0 radical (unpaired) electrons. The Balaban J connectivity index is 2.00. The molecule has 2 unspecified atom stereocenters. The van der Waals surface area contributed by atoms with Crippen molar-refractivity contribution in [2.24, 2.45) is 11.7 Å². The molecule has 1 spiro atoms. The topological polar surface area (TPSA) is 72.6 Å². The average Bonchev–Trinajstić information content (AvgIpc) is 2.29. The highest BCUT2D eigenvalue weighted by Crippen LogP contribution is 2.41. The van der Waals surface area contributed by atoms with Crippen LogP contribution in [0, 0.1) is 5.92 Å². The van der Waals surface area contributed by atoms with Crippen LogP contribution in [-0.2, 0) is 9.53 Å². The monoisotopic (exact) mass is 227 g/mol. The van der Waals surface area contributed by atoms with Crippen LogP contribution in [-0.4, -0.2) is 29.3 Å². The summed E-state index contributed by atoms with van der Waals surface area (Å²) in [4.78, 5) is 10.9. The largest absolute Gasteiger partial charge is 0.480 e. The van der Waals surface area contributed by atoms with E-state index >= 15 is 0 Å². The van der Waals surface area contributed by atoms with Crippen molar-refractivity contribution in [3.8, 4) is 0 Å². The second-order valence-corrected chi connectivity index (χ2v) is 5.21. The van der Waals surface area contributed by atoms with Gasteiger partial charge in [0, 0.05) is 6.61 Å². The second-order valence-electron chi connectivity index (χ2n) is 5.21. The van der Waals surface area contributed by atoms with Crippen molar-refractivity contribution in [1.29, 1.82) is 0 Å². The lowest BCUT2D eigenvalue weighted by atomic mass is 9.74. The maximum Gasteiger partial charge on any atom is 0.320 e. The lowest BCUT2D eigenvalue weighted by molar-refractivity contribution is -0.147. The minimum Gasteiger partial charge on any atom is -0.480 e. The van der Waals surface area contributed by atoms with Crippen molar-refractivity contribution in [2.75, 3.05) is 6.61 Å². The highest BCUT2D eigenvalue weighted by Gasteiger charge is 2.41. The number of carboxylic acid groups (broad SMARTS) is 1. The third-order valence-corrected chi connectivity index (χ3v) is 4.09. The minimum absolute atomic E-state index is 0.0474. The van der Waals surface area contributed by atoms with Gasteiger partial charge < -0.3 is 15.6 Å². The fourth-order valence-corrected chi connectivity index (χ4v) is 3.12. The summed E-state index contributed by atoms with van der Waals surface area (Å²) in [6.07, 6.45) is 7.46. The van der Waals surface area contributed by atoms with Gasteiger partial charge in [-0.2, -0.15) is 0 Å². The number of carboxylic acids is 1. The van der Waals surface area contributed by atoms with Crippen LogP contribution in [0.25, 0.3) is 0 Å². The van der Waals surface area contributed by atoms with E-state index in [-0.39, 0.29) is 11.5 Å². The molecule has 1 aliphatic heterocycles. The highest BCUT2D eigenvalue weighted by molar-refractivity contribution is 5.73. The van der Waals surface area contributed by atoms with Crippen LogP contribution in [0.5, 0.6) is 0 Å². The standard InChI is InChI=1S/C12H21NO3/c13-10(11(14)15)9-4-7-16-12(8-9)5-2-1-3-6-12/h9-10H,1-8,13H2,(H,14,15). The Morgan fingerprint density at radius 2 is 2.06 bits per heavy atom. The molecule has 2 fully saturated rings. The number of ether oxygens (including phenoxy) is 1. The first-order valence-corrected chi connectivity index (χ1v) is 6.25. The van der Waals surface area contributed by atoms with Gasteiger partial charge in [0.2, 0.25) is 0 Å². The van der Waals surface area contributed by atoms with Crippen molar-refractivity contribution in [3.63, 3.8) is 0 Å². The molecule has 0 bridgehead atoms. The summed E-state index contributed by atoms with van der Waals surface area (Å²) < 4.78 is 5.92. The Morgan fingerprint density at radius 3 is 2.69 bits per heavy atom. The van der Waals surface area contributed by atoms with Gasteiger partial charge in [-0.15, -0.1) is 0 Å². The van der Waals surface area contributed by atoms with Gasteiger partial charge in [0.05, 0.1) is 5.60 Å². The molecule has 2 atom stereocenters. The number of aliphatic carboxylic acids is 1. The molecule has 3 N–H and O–H groups in total. The molecule has 2 rings (SSSR count). The Labute approximate surface area is 96.2 Å². The van der Waals surface area contributed by atoms with Gasteiger partial charge in [-0.3, -0.25) is 4.79 Å². The zero-order valence-electron chi connectivity index (χ0n) is 9.65. The van der Waals surface area contributed by atoms with Crippen molar-refractivity contribution < 1.29 is 14.6 Å². The van der Waals surface area contributed by atoms with E-state index in [4.69, 9.17) is 15.6 Å². The predicted molar refractivity (Wildman–Crippen MR) is 60.1 cm³/mol. The molecular weight excluding hydrogens is 206 g/mol. The fraction of sp³-hybridized carbons (Fsp3) is 0.917. The van der Waals surface area contributed by atoms with E-state index in [1.807, 2.05) is 0 Å². The molecular formula is C12H21NO3. The van der Waals surface area contributed by atoms with Crippen LogP contribution in [0.4, 0.5) is 0 Å². The van der Waals surface area contributed by atoms with E-state index in [0.29, 0.717) is 6.61 Å². The average molecular weight is 227 g/mol. The summed E-state index contributed by atoms with van der Waals surface area (Å²) in [5, 5.41) is 8.96. The van der Waals surface area contributed by atoms with Gasteiger partial charge in [-0.25, -0.2) is 0 Å². The van der Waals surface area contributed by atoms with Gasteiger partial charge in [0.1, 0.15) is 6.04 Å². The first kappa shape index (κ1) is 11.9. The van der Waals surface area contributed by atoms with E-state index in [1.54, 1.807) is 0 Å². The minimum atomic E-state index is -0.877. The molecule has 4 heteroatoms. The quantitative estimate of drug-likeness (QED) is 0.750. The van der Waals surface area contributed by atoms with Crippen molar-refractivity contribution >= 4 is 5.97 Å². The van der Waals surface area contributed by atoms with Crippen LogP contribution < -0.4 is 5.73 Å². The number of nitrogens with two attached hydrogens (primary N) is 1.